The van der Waals surface area contributed by atoms with E-state index in [0.29, 0.717) is 5.28 Å². The van der Waals surface area contributed by atoms with Crippen molar-refractivity contribution < 1.29 is 0 Å². The Morgan fingerprint density at radius 2 is 1.78 bits per heavy atom. The summed E-state index contributed by atoms with van der Waals surface area (Å²) in [6, 6.07) is 2.10. The molecule has 0 radical (unpaired) electrons. The van der Waals surface area contributed by atoms with Crippen molar-refractivity contribution in [2.75, 3.05) is 18.0 Å². The fraction of sp³-hybridized carbons (Fsp3) is 0.538. The molecule has 96 valence electrons. The summed E-state index contributed by atoms with van der Waals surface area (Å²) in [7, 11) is 0. The highest BCUT2D eigenvalue weighted by atomic mass is 35.5. The number of rotatable bonds is 1. The zero-order valence-electron chi connectivity index (χ0n) is 10.2. The van der Waals surface area contributed by atoms with E-state index in [1.54, 1.807) is 11.3 Å². The predicted octanol–water partition coefficient (Wildman–Crippen LogP) is 4.12. The summed E-state index contributed by atoms with van der Waals surface area (Å²) in [4.78, 5) is 12.1. The number of hydrogen-bond donors (Lipinski definition) is 0. The van der Waals surface area contributed by atoms with Crippen LogP contribution in [-0.4, -0.2) is 23.1 Å². The third-order valence-electron chi connectivity index (χ3n) is 3.43. The molecule has 0 amide bonds. The molecule has 0 aliphatic carbocycles. The van der Waals surface area contributed by atoms with Crippen LogP contribution in [0.15, 0.2) is 11.4 Å². The average molecular weight is 282 g/mol. The van der Waals surface area contributed by atoms with Crippen LogP contribution in [-0.2, 0) is 0 Å². The smallest absolute Gasteiger partial charge is 0.225 e. The first-order valence-corrected chi connectivity index (χ1v) is 7.76. The van der Waals surface area contributed by atoms with Gasteiger partial charge in [0.25, 0.3) is 0 Å². The fourth-order valence-electron chi connectivity index (χ4n) is 2.51. The number of hydrogen-bond acceptors (Lipinski definition) is 4. The van der Waals surface area contributed by atoms with E-state index >= 15 is 0 Å². The van der Waals surface area contributed by atoms with E-state index in [9.17, 15) is 0 Å². The normalized spacial score (nSPS) is 17.7. The highest BCUT2D eigenvalue weighted by molar-refractivity contribution is 7.16. The maximum Gasteiger partial charge on any atom is 0.225 e. The standard InChI is InChI=1S/C13H16ClN3S/c14-13-15-11(10-6-9-18-12(10)16-13)17-7-4-2-1-3-5-8-17/h6,9H,1-5,7-8H2. The molecule has 0 spiro atoms. The Morgan fingerprint density at radius 3 is 2.56 bits per heavy atom. The van der Waals surface area contributed by atoms with Crippen LogP contribution >= 0.6 is 22.9 Å². The third-order valence-corrected chi connectivity index (χ3v) is 4.41. The van der Waals surface area contributed by atoms with Crippen LogP contribution in [0.4, 0.5) is 5.82 Å². The number of aromatic nitrogens is 2. The van der Waals surface area contributed by atoms with Crippen molar-refractivity contribution >= 4 is 39.0 Å². The summed E-state index contributed by atoms with van der Waals surface area (Å²) in [5.41, 5.74) is 0. The molecule has 0 saturated carbocycles. The van der Waals surface area contributed by atoms with E-state index in [2.05, 4.69) is 26.3 Å². The van der Waals surface area contributed by atoms with E-state index in [1.165, 1.54) is 32.1 Å². The first kappa shape index (κ1) is 12.2. The lowest BCUT2D eigenvalue weighted by atomic mass is 10.1. The Hall–Kier alpha value is -0.870. The molecule has 0 atom stereocenters. The Balaban J connectivity index is 1.98. The monoisotopic (exact) mass is 281 g/mol. The molecule has 0 N–H and O–H groups in total. The maximum absolute atomic E-state index is 6.03. The van der Waals surface area contributed by atoms with Crippen LogP contribution in [0.25, 0.3) is 10.2 Å². The van der Waals surface area contributed by atoms with Gasteiger partial charge in [0.05, 0.1) is 5.39 Å². The quantitative estimate of drug-likeness (QED) is 0.737. The molecule has 3 nitrogen and oxygen atoms in total. The van der Waals surface area contributed by atoms with Crippen LogP contribution < -0.4 is 4.90 Å². The molecule has 5 heteroatoms. The lowest BCUT2D eigenvalue weighted by Crippen LogP contribution is -2.28. The lowest BCUT2D eigenvalue weighted by molar-refractivity contribution is 0.554. The van der Waals surface area contributed by atoms with Crippen molar-refractivity contribution in [2.24, 2.45) is 0 Å². The summed E-state index contributed by atoms with van der Waals surface area (Å²) < 4.78 is 0. The number of anilines is 1. The van der Waals surface area contributed by atoms with Gasteiger partial charge in [-0.05, 0) is 35.9 Å². The highest BCUT2D eigenvalue weighted by Crippen LogP contribution is 2.30. The number of nitrogens with zero attached hydrogens (tertiary/aromatic N) is 3. The minimum absolute atomic E-state index is 0.363. The van der Waals surface area contributed by atoms with Crippen LogP contribution in [0.5, 0.6) is 0 Å². The third kappa shape index (κ3) is 2.45. The number of halogens is 1. The Labute approximate surface area is 116 Å². The number of thiophene rings is 1. The summed E-state index contributed by atoms with van der Waals surface area (Å²) >= 11 is 7.66. The molecule has 3 heterocycles. The fourth-order valence-corrected chi connectivity index (χ4v) is 3.49. The molecular weight excluding hydrogens is 266 g/mol. The van der Waals surface area contributed by atoms with Crippen molar-refractivity contribution in [1.82, 2.24) is 9.97 Å². The van der Waals surface area contributed by atoms with Gasteiger partial charge in [0.15, 0.2) is 0 Å². The van der Waals surface area contributed by atoms with Crippen molar-refractivity contribution in [2.45, 2.75) is 32.1 Å². The number of fused-ring (bicyclic) bond motifs is 1. The minimum atomic E-state index is 0.363. The molecule has 2 aromatic heterocycles. The molecule has 1 aliphatic heterocycles. The zero-order valence-corrected chi connectivity index (χ0v) is 11.8. The van der Waals surface area contributed by atoms with Gasteiger partial charge in [-0.15, -0.1) is 11.3 Å². The van der Waals surface area contributed by atoms with Gasteiger partial charge < -0.3 is 4.90 Å². The zero-order chi connectivity index (χ0) is 12.4. The van der Waals surface area contributed by atoms with Crippen molar-refractivity contribution in [3.8, 4) is 0 Å². The predicted molar refractivity (Wildman–Crippen MR) is 77.7 cm³/mol. The van der Waals surface area contributed by atoms with E-state index < -0.39 is 0 Å². The van der Waals surface area contributed by atoms with E-state index in [-0.39, 0.29) is 0 Å². The van der Waals surface area contributed by atoms with Crippen LogP contribution in [0.1, 0.15) is 32.1 Å². The minimum Gasteiger partial charge on any atom is -0.356 e. The molecule has 1 fully saturated rings. The molecule has 3 rings (SSSR count). The summed E-state index contributed by atoms with van der Waals surface area (Å²) in [5, 5.41) is 3.57. The molecule has 1 aliphatic rings. The Bertz CT molecular complexity index is 532. The van der Waals surface area contributed by atoms with E-state index in [0.717, 1.165) is 29.1 Å². The largest absolute Gasteiger partial charge is 0.356 e. The topological polar surface area (TPSA) is 29.0 Å². The first-order valence-electron chi connectivity index (χ1n) is 6.50. The Morgan fingerprint density at radius 1 is 1.06 bits per heavy atom. The summed E-state index contributed by atoms with van der Waals surface area (Å²) in [5.74, 6) is 1.02. The first-order chi connectivity index (χ1) is 8.84. The average Bonchev–Trinajstić information content (AvgIpc) is 2.75. The van der Waals surface area contributed by atoms with Gasteiger partial charge >= 0.3 is 0 Å². The second-order valence-corrected chi connectivity index (χ2v) is 5.94. The van der Waals surface area contributed by atoms with Crippen molar-refractivity contribution in [1.29, 1.82) is 0 Å². The maximum atomic E-state index is 6.03. The van der Waals surface area contributed by atoms with Gasteiger partial charge in [0.2, 0.25) is 5.28 Å². The molecule has 0 bridgehead atoms. The summed E-state index contributed by atoms with van der Waals surface area (Å²) in [6.45, 7) is 2.16. The Kier molecular flexibility index (Phi) is 3.66. The van der Waals surface area contributed by atoms with Gasteiger partial charge in [0, 0.05) is 13.1 Å². The van der Waals surface area contributed by atoms with Gasteiger partial charge in [-0.3, -0.25) is 0 Å². The van der Waals surface area contributed by atoms with Gasteiger partial charge in [-0.1, -0.05) is 19.3 Å². The van der Waals surface area contributed by atoms with Crippen LogP contribution in [0, 0.1) is 0 Å². The van der Waals surface area contributed by atoms with Crippen molar-refractivity contribution in [3.05, 3.63) is 16.7 Å². The summed E-state index contributed by atoms with van der Waals surface area (Å²) in [6.07, 6.45) is 6.50. The molecule has 1 saturated heterocycles. The van der Waals surface area contributed by atoms with Gasteiger partial charge in [-0.25, -0.2) is 4.98 Å². The molecular formula is C13H16ClN3S. The van der Waals surface area contributed by atoms with E-state index in [1.807, 2.05) is 0 Å². The molecule has 2 aromatic rings. The van der Waals surface area contributed by atoms with Gasteiger partial charge in [-0.2, -0.15) is 4.98 Å². The van der Waals surface area contributed by atoms with Crippen LogP contribution in [0.2, 0.25) is 5.28 Å². The van der Waals surface area contributed by atoms with E-state index in [4.69, 9.17) is 11.6 Å². The lowest BCUT2D eigenvalue weighted by Gasteiger charge is -2.26. The molecule has 18 heavy (non-hydrogen) atoms. The van der Waals surface area contributed by atoms with Gasteiger partial charge in [0.1, 0.15) is 10.6 Å². The second-order valence-electron chi connectivity index (χ2n) is 4.71. The molecule has 0 unspecified atom stereocenters. The van der Waals surface area contributed by atoms with Crippen LogP contribution in [0.3, 0.4) is 0 Å². The molecule has 0 aromatic carbocycles. The van der Waals surface area contributed by atoms with Crippen molar-refractivity contribution in [3.63, 3.8) is 0 Å². The highest BCUT2D eigenvalue weighted by Gasteiger charge is 2.15. The second kappa shape index (κ2) is 5.41. The SMILES string of the molecule is Clc1nc(N2CCCCCCC2)c2ccsc2n1.